The molecular weight excluding hydrogens is 494 g/mol. The number of hydrogen-bond donors (Lipinski definition) is 1. The van der Waals surface area contributed by atoms with E-state index in [9.17, 15) is 19.2 Å². The van der Waals surface area contributed by atoms with Crippen LogP contribution in [-0.4, -0.2) is 95.2 Å². The largest absolute Gasteiger partial charge is 0.325 e. The number of piperidine rings is 4. The SMILES string of the molecule is O=C1CCC(N2Cc3cc(C4CCN(CC5CCN(C(=O)N6CCCCC6)CC5)CC4)ccc3C2=O)C(=O)N1. The van der Waals surface area contributed by atoms with Gasteiger partial charge in [0.25, 0.3) is 5.91 Å². The molecule has 9 heteroatoms. The molecule has 1 atom stereocenters. The minimum absolute atomic E-state index is 0.107. The Morgan fingerprint density at radius 3 is 2.28 bits per heavy atom. The van der Waals surface area contributed by atoms with Gasteiger partial charge in [-0.2, -0.15) is 0 Å². The Morgan fingerprint density at radius 1 is 0.846 bits per heavy atom. The van der Waals surface area contributed by atoms with E-state index in [1.807, 2.05) is 6.07 Å². The lowest BCUT2D eigenvalue weighted by molar-refractivity contribution is -0.136. The third-order valence-corrected chi connectivity index (χ3v) is 9.63. The van der Waals surface area contributed by atoms with Gasteiger partial charge in [-0.3, -0.25) is 19.7 Å². The van der Waals surface area contributed by atoms with Gasteiger partial charge in [-0.15, -0.1) is 0 Å². The second-order valence-corrected chi connectivity index (χ2v) is 12.2. The first-order chi connectivity index (χ1) is 19.0. The van der Waals surface area contributed by atoms with Gasteiger partial charge >= 0.3 is 6.03 Å². The monoisotopic (exact) mass is 535 g/mol. The standard InChI is InChI=1S/C30H41N5O4/c36-27-7-6-26(28(37)31-27)35-20-24-18-23(4-5-25(24)29(35)38)22-10-14-32(15-11-22)19-21-8-16-34(17-9-21)30(39)33-12-2-1-3-13-33/h4-5,18,21-22,26H,1-3,6-17,19-20H2,(H,31,36,37). The van der Waals surface area contributed by atoms with Crippen molar-refractivity contribution in [1.29, 1.82) is 0 Å². The minimum Gasteiger partial charge on any atom is -0.325 e. The molecule has 0 saturated carbocycles. The van der Waals surface area contributed by atoms with Gasteiger partial charge in [-0.05, 0) is 93.5 Å². The summed E-state index contributed by atoms with van der Waals surface area (Å²) in [4.78, 5) is 58.1. The molecule has 5 aliphatic heterocycles. The average molecular weight is 536 g/mol. The van der Waals surface area contributed by atoms with Gasteiger partial charge in [0.15, 0.2) is 0 Å². The number of rotatable bonds is 4. The normalized spacial score (nSPS) is 25.7. The quantitative estimate of drug-likeness (QED) is 0.599. The van der Waals surface area contributed by atoms with Crippen molar-refractivity contribution < 1.29 is 19.2 Å². The fourth-order valence-corrected chi connectivity index (χ4v) is 7.25. The Kier molecular flexibility index (Phi) is 7.60. The van der Waals surface area contributed by atoms with Crippen LogP contribution in [0, 0.1) is 5.92 Å². The second-order valence-electron chi connectivity index (χ2n) is 12.2. The maximum atomic E-state index is 13.0. The maximum Gasteiger partial charge on any atom is 0.319 e. The highest BCUT2D eigenvalue weighted by atomic mass is 16.2. The molecule has 1 N–H and O–H groups in total. The molecule has 0 aliphatic carbocycles. The number of nitrogens with one attached hydrogen (secondary N) is 1. The summed E-state index contributed by atoms with van der Waals surface area (Å²) in [5.74, 6) is 0.415. The fraction of sp³-hybridized carbons (Fsp3) is 0.667. The fourth-order valence-electron chi connectivity index (χ4n) is 7.25. The number of amides is 5. The number of fused-ring (bicyclic) bond motifs is 1. The Hall–Kier alpha value is -2.94. The van der Waals surface area contributed by atoms with E-state index in [1.165, 1.54) is 12.0 Å². The lowest BCUT2D eigenvalue weighted by atomic mass is 9.87. The Labute approximate surface area is 230 Å². The van der Waals surface area contributed by atoms with Crippen molar-refractivity contribution in [3.8, 4) is 0 Å². The summed E-state index contributed by atoms with van der Waals surface area (Å²) in [5, 5.41) is 2.37. The van der Waals surface area contributed by atoms with E-state index in [1.54, 1.807) is 4.90 Å². The molecule has 210 valence electrons. The zero-order valence-electron chi connectivity index (χ0n) is 22.9. The Morgan fingerprint density at radius 2 is 1.56 bits per heavy atom. The van der Waals surface area contributed by atoms with Crippen LogP contribution in [-0.2, 0) is 16.1 Å². The lowest BCUT2D eigenvalue weighted by Gasteiger charge is -2.39. The van der Waals surface area contributed by atoms with E-state index in [0.717, 1.165) is 89.9 Å². The lowest BCUT2D eigenvalue weighted by Crippen LogP contribution is -2.52. The third kappa shape index (κ3) is 5.55. The van der Waals surface area contributed by atoms with Crippen molar-refractivity contribution in [1.82, 2.24) is 24.9 Å². The third-order valence-electron chi connectivity index (χ3n) is 9.63. The van der Waals surface area contributed by atoms with Crippen LogP contribution < -0.4 is 5.32 Å². The smallest absolute Gasteiger partial charge is 0.319 e. The summed E-state index contributed by atoms with van der Waals surface area (Å²) in [7, 11) is 0. The highest BCUT2D eigenvalue weighted by Gasteiger charge is 2.39. The van der Waals surface area contributed by atoms with Crippen LogP contribution in [0.5, 0.6) is 0 Å². The van der Waals surface area contributed by atoms with E-state index in [2.05, 4.69) is 32.1 Å². The van der Waals surface area contributed by atoms with Crippen LogP contribution in [0.3, 0.4) is 0 Å². The summed E-state index contributed by atoms with van der Waals surface area (Å²) in [6.07, 6.45) is 8.61. The van der Waals surface area contributed by atoms with Gasteiger partial charge in [-0.1, -0.05) is 12.1 Å². The van der Waals surface area contributed by atoms with E-state index in [4.69, 9.17) is 0 Å². The van der Waals surface area contributed by atoms with Crippen molar-refractivity contribution in [2.75, 3.05) is 45.8 Å². The van der Waals surface area contributed by atoms with Crippen LogP contribution in [0.4, 0.5) is 4.79 Å². The predicted octanol–water partition coefficient (Wildman–Crippen LogP) is 2.94. The van der Waals surface area contributed by atoms with E-state index < -0.39 is 6.04 Å². The highest BCUT2D eigenvalue weighted by molar-refractivity contribution is 6.05. The molecule has 1 unspecified atom stereocenters. The predicted molar refractivity (Wildman–Crippen MR) is 146 cm³/mol. The van der Waals surface area contributed by atoms with Crippen molar-refractivity contribution in [3.05, 3.63) is 34.9 Å². The molecule has 4 saturated heterocycles. The summed E-state index contributed by atoms with van der Waals surface area (Å²) in [6.45, 7) is 7.34. The molecule has 5 aliphatic rings. The van der Waals surface area contributed by atoms with Gasteiger partial charge in [0, 0.05) is 51.3 Å². The maximum absolute atomic E-state index is 13.0. The van der Waals surface area contributed by atoms with Crippen molar-refractivity contribution in [2.24, 2.45) is 5.92 Å². The molecule has 9 nitrogen and oxygen atoms in total. The zero-order valence-corrected chi connectivity index (χ0v) is 22.9. The van der Waals surface area contributed by atoms with Crippen molar-refractivity contribution in [2.45, 2.75) is 76.3 Å². The van der Waals surface area contributed by atoms with Gasteiger partial charge < -0.3 is 19.6 Å². The van der Waals surface area contributed by atoms with Crippen LogP contribution in [0.15, 0.2) is 18.2 Å². The van der Waals surface area contributed by atoms with Crippen LogP contribution in [0.1, 0.15) is 85.2 Å². The summed E-state index contributed by atoms with van der Waals surface area (Å²) < 4.78 is 0. The molecule has 39 heavy (non-hydrogen) atoms. The summed E-state index contributed by atoms with van der Waals surface area (Å²) in [5.41, 5.74) is 2.97. The highest BCUT2D eigenvalue weighted by Crippen LogP contribution is 2.34. The second kappa shape index (κ2) is 11.3. The molecular formula is C30H41N5O4. The molecule has 0 radical (unpaired) electrons. The molecule has 0 aromatic heterocycles. The average Bonchev–Trinajstić information content (AvgIpc) is 3.29. The van der Waals surface area contributed by atoms with E-state index >= 15 is 0 Å². The molecule has 1 aromatic carbocycles. The van der Waals surface area contributed by atoms with Gasteiger partial charge in [0.2, 0.25) is 11.8 Å². The van der Waals surface area contributed by atoms with Gasteiger partial charge in [0.05, 0.1) is 0 Å². The van der Waals surface area contributed by atoms with Crippen molar-refractivity contribution >= 4 is 23.8 Å². The minimum atomic E-state index is -0.566. The van der Waals surface area contributed by atoms with E-state index in [-0.39, 0.29) is 30.2 Å². The Balaban J connectivity index is 0.976. The number of urea groups is 1. The molecule has 5 amide bonds. The number of nitrogens with zero attached hydrogens (tertiary/aromatic N) is 4. The van der Waals surface area contributed by atoms with Gasteiger partial charge in [-0.25, -0.2) is 4.79 Å². The number of hydrogen-bond acceptors (Lipinski definition) is 5. The number of carbonyl (C=O) groups excluding carboxylic acids is 4. The number of carbonyl (C=O) groups is 4. The molecule has 1 aromatic rings. The van der Waals surface area contributed by atoms with Crippen LogP contribution in [0.25, 0.3) is 0 Å². The first-order valence-corrected chi connectivity index (χ1v) is 15.0. The number of imide groups is 1. The van der Waals surface area contributed by atoms with Crippen LogP contribution >= 0.6 is 0 Å². The zero-order chi connectivity index (χ0) is 26.9. The summed E-state index contributed by atoms with van der Waals surface area (Å²) in [6, 6.07) is 5.90. The van der Waals surface area contributed by atoms with Crippen LogP contribution in [0.2, 0.25) is 0 Å². The number of likely N-dealkylation sites (tertiary alicyclic amines) is 3. The first-order valence-electron chi connectivity index (χ1n) is 15.0. The molecule has 0 bridgehead atoms. The molecule has 5 heterocycles. The first kappa shape index (κ1) is 26.3. The Bertz CT molecular complexity index is 1120. The molecule has 4 fully saturated rings. The topological polar surface area (TPSA) is 93.3 Å². The number of benzene rings is 1. The molecule has 6 rings (SSSR count). The molecule has 0 spiro atoms. The van der Waals surface area contributed by atoms with E-state index in [0.29, 0.717) is 30.4 Å². The van der Waals surface area contributed by atoms with Crippen molar-refractivity contribution in [3.63, 3.8) is 0 Å². The van der Waals surface area contributed by atoms with Gasteiger partial charge in [0.1, 0.15) is 6.04 Å². The summed E-state index contributed by atoms with van der Waals surface area (Å²) >= 11 is 0.